The van der Waals surface area contributed by atoms with Gasteiger partial charge in [0.25, 0.3) is 0 Å². The molecule has 0 aliphatic carbocycles. The molecule has 1 aromatic carbocycles. The van der Waals surface area contributed by atoms with E-state index in [-0.39, 0.29) is 25.0 Å². The molecule has 1 amide bonds. The summed E-state index contributed by atoms with van der Waals surface area (Å²) in [5.74, 6) is 0.482. The molecule has 0 saturated heterocycles. The third-order valence-electron chi connectivity index (χ3n) is 4.93. The molecule has 1 aliphatic heterocycles. The number of hydrogen-bond donors (Lipinski definition) is 0. The van der Waals surface area contributed by atoms with Crippen LogP contribution in [0.1, 0.15) is 24.2 Å². The number of carbonyl (C=O) groups is 1. The smallest absolute Gasteiger partial charge is 0.238 e. The maximum atomic E-state index is 13.1. The molecule has 0 fully saturated rings. The first-order chi connectivity index (χ1) is 12.9. The zero-order valence-corrected chi connectivity index (χ0v) is 16.6. The Hall–Kier alpha value is -2.32. The summed E-state index contributed by atoms with van der Waals surface area (Å²) in [6.45, 7) is 3.00. The van der Waals surface area contributed by atoms with Gasteiger partial charge in [0.1, 0.15) is 11.8 Å². The monoisotopic (exact) mass is 391 g/mol. The molecule has 0 bridgehead atoms. The van der Waals surface area contributed by atoms with Gasteiger partial charge in [-0.05, 0) is 18.2 Å². The number of para-hydroxylation sites is 1. The van der Waals surface area contributed by atoms with E-state index in [0.29, 0.717) is 18.8 Å². The number of sulfonamides is 1. The number of hydrogen-bond acceptors (Lipinski definition) is 4. The highest BCUT2D eigenvalue weighted by Gasteiger charge is 2.35. The first-order valence-corrected chi connectivity index (χ1v) is 10.7. The molecule has 8 heteroatoms. The molecule has 3 rings (SSSR count). The van der Waals surface area contributed by atoms with Crippen molar-refractivity contribution in [1.82, 2.24) is 13.8 Å². The summed E-state index contributed by atoms with van der Waals surface area (Å²) in [6.07, 6.45) is 3.12. The largest absolute Gasteiger partial charge is 0.496 e. The molecule has 2 aromatic rings. The van der Waals surface area contributed by atoms with Crippen LogP contribution in [0.2, 0.25) is 0 Å². The summed E-state index contributed by atoms with van der Waals surface area (Å²) in [5.41, 5.74) is 1.87. The Balaban J connectivity index is 2.00. The molecule has 0 radical (unpaired) electrons. The van der Waals surface area contributed by atoms with Gasteiger partial charge in [-0.25, -0.2) is 8.42 Å². The second-order valence-electron chi connectivity index (χ2n) is 6.55. The van der Waals surface area contributed by atoms with Crippen molar-refractivity contribution in [2.75, 3.05) is 33.0 Å². The summed E-state index contributed by atoms with van der Waals surface area (Å²) < 4.78 is 32.7. The number of likely N-dealkylation sites (N-methyl/N-ethyl adjacent to an activating group) is 1. The van der Waals surface area contributed by atoms with Crippen molar-refractivity contribution in [3.05, 3.63) is 53.9 Å². The van der Waals surface area contributed by atoms with Gasteiger partial charge in [0, 0.05) is 37.1 Å². The van der Waals surface area contributed by atoms with Gasteiger partial charge < -0.3 is 14.2 Å². The Labute approximate surface area is 160 Å². The minimum Gasteiger partial charge on any atom is -0.496 e. The van der Waals surface area contributed by atoms with Crippen molar-refractivity contribution >= 4 is 15.9 Å². The van der Waals surface area contributed by atoms with Gasteiger partial charge >= 0.3 is 0 Å². The number of aromatic nitrogens is 1. The standard InChI is InChI=1S/C19H25N3O4S/c1-4-21(27(3,24)25)14-18(23)22-13-12-20-11-7-9-16(20)19(22)15-8-5-6-10-17(15)26-2/h5-11,19H,4,12-14H2,1-3H3. The Morgan fingerprint density at radius 2 is 1.96 bits per heavy atom. The van der Waals surface area contributed by atoms with E-state index in [4.69, 9.17) is 4.74 Å². The van der Waals surface area contributed by atoms with Gasteiger partial charge in [-0.1, -0.05) is 25.1 Å². The number of methoxy groups -OCH3 is 1. The first-order valence-electron chi connectivity index (χ1n) is 8.89. The van der Waals surface area contributed by atoms with Crippen LogP contribution >= 0.6 is 0 Å². The third kappa shape index (κ3) is 3.86. The van der Waals surface area contributed by atoms with Crippen molar-refractivity contribution in [3.63, 3.8) is 0 Å². The molecule has 7 nitrogen and oxygen atoms in total. The zero-order chi connectivity index (χ0) is 19.6. The van der Waals surface area contributed by atoms with Gasteiger partial charge in [-0.3, -0.25) is 4.79 Å². The summed E-state index contributed by atoms with van der Waals surface area (Å²) in [4.78, 5) is 14.8. The van der Waals surface area contributed by atoms with Crippen LogP contribution in [0.4, 0.5) is 0 Å². The average molecular weight is 391 g/mol. The average Bonchev–Trinajstić information content (AvgIpc) is 3.12. The molecule has 0 spiro atoms. The van der Waals surface area contributed by atoms with E-state index in [1.807, 2.05) is 42.6 Å². The molecule has 0 saturated carbocycles. The van der Waals surface area contributed by atoms with Gasteiger partial charge in [0.05, 0.1) is 19.9 Å². The molecule has 2 heterocycles. The Kier molecular flexibility index (Phi) is 5.57. The topological polar surface area (TPSA) is 71.9 Å². The SMILES string of the molecule is CCN(CC(=O)N1CCn2cccc2C1c1ccccc1OC)S(C)(=O)=O. The highest BCUT2D eigenvalue weighted by Crippen LogP contribution is 2.37. The van der Waals surface area contributed by atoms with Crippen molar-refractivity contribution in [2.24, 2.45) is 0 Å². The van der Waals surface area contributed by atoms with E-state index in [9.17, 15) is 13.2 Å². The summed E-state index contributed by atoms with van der Waals surface area (Å²) >= 11 is 0. The molecule has 1 atom stereocenters. The van der Waals surface area contributed by atoms with E-state index in [1.54, 1.807) is 18.9 Å². The maximum Gasteiger partial charge on any atom is 0.238 e. The molecule has 0 N–H and O–H groups in total. The first kappa shape index (κ1) is 19.4. The predicted molar refractivity (Wildman–Crippen MR) is 103 cm³/mol. The number of nitrogens with zero attached hydrogens (tertiary/aromatic N) is 3. The molecule has 1 unspecified atom stereocenters. The maximum absolute atomic E-state index is 13.1. The van der Waals surface area contributed by atoms with E-state index in [0.717, 1.165) is 17.5 Å². The fourth-order valence-electron chi connectivity index (χ4n) is 3.58. The van der Waals surface area contributed by atoms with Crippen LogP contribution in [0.25, 0.3) is 0 Å². The van der Waals surface area contributed by atoms with Crippen molar-refractivity contribution < 1.29 is 17.9 Å². The Morgan fingerprint density at radius 1 is 1.22 bits per heavy atom. The lowest BCUT2D eigenvalue weighted by Gasteiger charge is -2.38. The fraction of sp³-hybridized carbons (Fsp3) is 0.421. The predicted octanol–water partition coefficient (Wildman–Crippen LogP) is 1.71. The molecule has 1 aliphatic rings. The molecular weight excluding hydrogens is 366 g/mol. The van der Waals surface area contributed by atoms with Gasteiger partial charge in [0.2, 0.25) is 15.9 Å². The minimum atomic E-state index is -3.44. The lowest BCUT2D eigenvalue weighted by Crippen LogP contribution is -2.47. The summed E-state index contributed by atoms with van der Waals surface area (Å²) in [7, 11) is -1.83. The van der Waals surface area contributed by atoms with E-state index in [2.05, 4.69) is 4.57 Å². The molecule has 1 aromatic heterocycles. The van der Waals surface area contributed by atoms with Crippen molar-refractivity contribution in [1.29, 1.82) is 0 Å². The highest BCUT2D eigenvalue weighted by molar-refractivity contribution is 7.88. The minimum absolute atomic E-state index is 0.165. The lowest BCUT2D eigenvalue weighted by atomic mass is 9.98. The van der Waals surface area contributed by atoms with Crippen molar-refractivity contribution in [3.8, 4) is 5.75 Å². The van der Waals surface area contributed by atoms with E-state index in [1.165, 1.54) is 4.31 Å². The van der Waals surface area contributed by atoms with Crippen LogP contribution in [0, 0.1) is 0 Å². The normalized spacial score (nSPS) is 17.0. The molecule has 27 heavy (non-hydrogen) atoms. The summed E-state index contributed by atoms with van der Waals surface area (Å²) in [6, 6.07) is 11.2. The second kappa shape index (κ2) is 7.74. The molecule has 146 valence electrons. The highest BCUT2D eigenvalue weighted by atomic mass is 32.2. The van der Waals surface area contributed by atoms with Crippen LogP contribution in [0.15, 0.2) is 42.6 Å². The number of amides is 1. The number of rotatable bonds is 6. The van der Waals surface area contributed by atoms with Crippen LogP contribution in [-0.2, 0) is 21.4 Å². The van der Waals surface area contributed by atoms with E-state index >= 15 is 0 Å². The molecular formula is C19H25N3O4S. The summed E-state index contributed by atoms with van der Waals surface area (Å²) in [5, 5.41) is 0. The number of carbonyl (C=O) groups excluding carboxylic acids is 1. The van der Waals surface area contributed by atoms with Crippen LogP contribution in [0.5, 0.6) is 5.75 Å². The van der Waals surface area contributed by atoms with E-state index < -0.39 is 10.0 Å². The number of ether oxygens (including phenoxy) is 1. The van der Waals surface area contributed by atoms with Crippen LogP contribution < -0.4 is 4.74 Å². The van der Waals surface area contributed by atoms with Gasteiger partial charge in [-0.15, -0.1) is 0 Å². The quantitative estimate of drug-likeness (QED) is 0.752. The Bertz CT molecular complexity index is 923. The van der Waals surface area contributed by atoms with Gasteiger partial charge in [-0.2, -0.15) is 4.31 Å². The lowest BCUT2D eigenvalue weighted by molar-refractivity contribution is -0.134. The van der Waals surface area contributed by atoms with Gasteiger partial charge in [0.15, 0.2) is 0 Å². The van der Waals surface area contributed by atoms with Crippen molar-refractivity contribution in [2.45, 2.75) is 19.5 Å². The number of benzene rings is 1. The fourth-order valence-corrected chi connectivity index (χ4v) is 4.39. The Morgan fingerprint density at radius 3 is 2.63 bits per heavy atom. The zero-order valence-electron chi connectivity index (χ0n) is 15.8. The number of fused-ring (bicyclic) bond motifs is 1. The van der Waals surface area contributed by atoms with Crippen LogP contribution in [0.3, 0.4) is 0 Å². The third-order valence-corrected chi connectivity index (χ3v) is 6.25. The van der Waals surface area contributed by atoms with Crippen LogP contribution in [-0.4, -0.2) is 61.1 Å². The second-order valence-corrected chi connectivity index (χ2v) is 8.53.